The molecule has 0 spiro atoms. The Morgan fingerprint density at radius 1 is 1.18 bits per heavy atom. The van der Waals surface area contributed by atoms with E-state index in [0.29, 0.717) is 18.7 Å². The number of aromatic nitrogens is 1. The molecule has 0 aromatic carbocycles. The van der Waals surface area contributed by atoms with Gasteiger partial charge in [0, 0.05) is 16.1 Å². The van der Waals surface area contributed by atoms with Crippen LogP contribution in [0.5, 0.6) is 0 Å². The van der Waals surface area contributed by atoms with Gasteiger partial charge in [-0.2, -0.15) is 0 Å². The Morgan fingerprint density at radius 2 is 1.86 bits per heavy atom. The Morgan fingerprint density at radius 3 is 2.36 bits per heavy atom. The summed E-state index contributed by atoms with van der Waals surface area (Å²) in [4.78, 5) is 41.9. The standard InChI is InChI=1S/C16H17BrN2O3/c1-14(2)15(3)6-7-16(14,12(21)11(15)20)13(22)19-10-5-4-9(17)8-18-10/h4-5,8H,6-7H2,1-3H3,(H,18,19,22)/t15-,16+/m1/s1. The van der Waals surface area contributed by atoms with E-state index in [0.717, 1.165) is 4.47 Å². The van der Waals surface area contributed by atoms with E-state index in [1.165, 1.54) is 0 Å². The number of carbonyl (C=O) groups is 3. The minimum absolute atomic E-state index is 0.374. The molecule has 1 aromatic rings. The SMILES string of the molecule is CC1(C)[C@@]2(C(=O)Nc3ccc(Br)cn3)CC[C@]1(C)C(=O)C2=O. The number of hydrogen-bond donors (Lipinski definition) is 1. The molecule has 0 radical (unpaired) electrons. The number of amides is 1. The van der Waals surface area contributed by atoms with Crippen LogP contribution in [0, 0.1) is 16.2 Å². The van der Waals surface area contributed by atoms with Crippen molar-refractivity contribution < 1.29 is 14.4 Å². The van der Waals surface area contributed by atoms with Crippen LogP contribution >= 0.6 is 15.9 Å². The van der Waals surface area contributed by atoms with Gasteiger partial charge in [-0.05, 0) is 46.3 Å². The third-order valence-corrected chi connectivity index (χ3v) is 6.37. The number of halogens is 1. The fourth-order valence-electron chi connectivity index (χ4n) is 3.95. The molecule has 2 saturated carbocycles. The first kappa shape index (κ1) is 15.3. The van der Waals surface area contributed by atoms with Crippen molar-refractivity contribution >= 4 is 39.2 Å². The van der Waals surface area contributed by atoms with Crippen molar-refractivity contribution in [3.05, 3.63) is 22.8 Å². The molecule has 2 fully saturated rings. The van der Waals surface area contributed by atoms with E-state index < -0.39 is 33.7 Å². The topological polar surface area (TPSA) is 76.1 Å². The molecule has 6 heteroatoms. The van der Waals surface area contributed by atoms with Crippen LogP contribution in [-0.2, 0) is 14.4 Å². The van der Waals surface area contributed by atoms with E-state index >= 15 is 0 Å². The Labute approximate surface area is 137 Å². The van der Waals surface area contributed by atoms with Crippen LogP contribution in [0.25, 0.3) is 0 Å². The van der Waals surface area contributed by atoms with Crippen LogP contribution < -0.4 is 5.32 Å². The van der Waals surface area contributed by atoms with E-state index in [2.05, 4.69) is 26.2 Å². The Kier molecular flexibility index (Phi) is 3.12. The first-order chi connectivity index (χ1) is 10.2. The molecule has 2 aliphatic carbocycles. The summed E-state index contributed by atoms with van der Waals surface area (Å²) in [6.07, 6.45) is 2.54. The van der Waals surface area contributed by atoms with Gasteiger partial charge in [0.25, 0.3) is 0 Å². The summed E-state index contributed by atoms with van der Waals surface area (Å²) in [6, 6.07) is 3.41. The van der Waals surface area contributed by atoms with Crippen molar-refractivity contribution in [1.29, 1.82) is 0 Å². The molecule has 0 saturated heterocycles. The summed E-state index contributed by atoms with van der Waals surface area (Å²) < 4.78 is 0.796. The number of pyridine rings is 1. The van der Waals surface area contributed by atoms with Crippen LogP contribution in [-0.4, -0.2) is 22.5 Å². The van der Waals surface area contributed by atoms with Crippen molar-refractivity contribution in [2.24, 2.45) is 16.2 Å². The maximum Gasteiger partial charge on any atom is 0.240 e. The third kappa shape index (κ3) is 1.59. The van der Waals surface area contributed by atoms with Gasteiger partial charge in [-0.3, -0.25) is 14.4 Å². The lowest BCUT2D eigenvalue weighted by Crippen LogP contribution is -2.47. The molecule has 2 atom stereocenters. The molecule has 22 heavy (non-hydrogen) atoms. The zero-order valence-electron chi connectivity index (χ0n) is 12.7. The van der Waals surface area contributed by atoms with Gasteiger partial charge in [-0.1, -0.05) is 20.8 Å². The first-order valence-electron chi connectivity index (χ1n) is 7.19. The summed E-state index contributed by atoms with van der Waals surface area (Å²) in [5.74, 6) is -1.02. The second kappa shape index (κ2) is 4.47. The molecule has 2 bridgehead atoms. The monoisotopic (exact) mass is 364 g/mol. The van der Waals surface area contributed by atoms with E-state index in [-0.39, 0.29) is 0 Å². The third-order valence-electron chi connectivity index (χ3n) is 5.90. The lowest BCUT2D eigenvalue weighted by atomic mass is 9.64. The number of anilines is 1. The predicted molar refractivity (Wildman–Crippen MR) is 84.1 cm³/mol. The lowest BCUT2D eigenvalue weighted by molar-refractivity contribution is -0.147. The largest absolute Gasteiger partial charge is 0.310 e. The summed E-state index contributed by atoms with van der Waals surface area (Å²) in [5.41, 5.74) is -2.74. The van der Waals surface area contributed by atoms with Gasteiger partial charge in [-0.25, -0.2) is 4.98 Å². The minimum Gasteiger partial charge on any atom is -0.310 e. The molecule has 3 rings (SSSR count). The van der Waals surface area contributed by atoms with Crippen LogP contribution in [0.3, 0.4) is 0 Å². The number of ketones is 2. The van der Waals surface area contributed by atoms with Gasteiger partial charge in [0.05, 0.1) is 0 Å². The highest BCUT2D eigenvalue weighted by Crippen LogP contribution is 2.69. The zero-order valence-corrected chi connectivity index (χ0v) is 14.3. The minimum atomic E-state index is -1.28. The van der Waals surface area contributed by atoms with E-state index in [4.69, 9.17) is 0 Å². The van der Waals surface area contributed by atoms with E-state index in [1.54, 1.807) is 25.3 Å². The van der Waals surface area contributed by atoms with Crippen molar-refractivity contribution in [2.75, 3.05) is 5.32 Å². The number of fused-ring (bicyclic) bond motifs is 2. The van der Waals surface area contributed by atoms with Gasteiger partial charge < -0.3 is 5.32 Å². The summed E-state index contributed by atoms with van der Waals surface area (Å²) in [7, 11) is 0. The number of Topliss-reactive ketones (excluding diaryl/α,β-unsaturated/α-hetero) is 2. The fourth-order valence-corrected chi connectivity index (χ4v) is 4.18. The second-order valence-corrected chi connectivity index (χ2v) is 7.75. The molecule has 1 heterocycles. The van der Waals surface area contributed by atoms with Gasteiger partial charge in [0.1, 0.15) is 11.2 Å². The normalized spacial score (nSPS) is 32.4. The molecular weight excluding hydrogens is 348 g/mol. The van der Waals surface area contributed by atoms with Gasteiger partial charge in [0.2, 0.25) is 17.5 Å². The highest BCUT2D eigenvalue weighted by atomic mass is 79.9. The van der Waals surface area contributed by atoms with E-state index in [1.807, 2.05) is 13.8 Å². The first-order valence-corrected chi connectivity index (χ1v) is 7.98. The van der Waals surface area contributed by atoms with Crippen LogP contribution in [0.15, 0.2) is 22.8 Å². The quantitative estimate of drug-likeness (QED) is 0.646. The number of carbonyl (C=O) groups excluding carboxylic acids is 3. The van der Waals surface area contributed by atoms with Crippen molar-refractivity contribution in [1.82, 2.24) is 4.98 Å². The number of nitrogens with one attached hydrogen (secondary N) is 1. The maximum atomic E-state index is 12.9. The predicted octanol–water partition coefficient (Wildman–Crippen LogP) is 2.75. The van der Waals surface area contributed by atoms with Crippen LogP contribution in [0.4, 0.5) is 5.82 Å². The van der Waals surface area contributed by atoms with Gasteiger partial charge in [-0.15, -0.1) is 0 Å². The Bertz CT molecular complexity index is 698. The molecule has 1 aromatic heterocycles. The Hall–Kier alpha value is -1.56. The zero-order chi connectivity index (χ0) is 16.3. The molecule has 0 unspecified atom stereocenters. The molecule has 1 amide bonds. The van der Waals surface area contributed by atoms with Crippen molar-refractivity contribution in [3.63, 3.8) is 0 Å². The summed E-state index contributed by atoms with van der Waals surface area (Å²) in [6.45, 7) is 5.49. The molecule has 5 nitrogen and oxygen atoms in total. The number of rotatable bonds is 2. The molecule has 116 valence electrons. The van der Waals surface area contributed by atoms with Gasteiger partial charge in [0.15, 0.2) is 0 Å². The fraction of sp³-hybridized carbons (Fsp3) is 0.500. The van der Waals surface area contributed by atoms with Crippen LogP contribution in [0.2, 0.25) is 0 Å². The average molecular weight is 365 g/mol. The highest BCUT2D eigenvalue weighted by molar-refractivity contribution is 9.10. The maximum absolute atomic E-state index is 12.9. The number of hydrogen-bond acceptors (Lipinski definition) is 4. The molecular formula is C16H17BrN2O3. The van der Waals surface area contributed by atoms with Gasteiger partial charge >= 0.3 is 0 Å². The second-order valence-electron chi connectivity index (χ2n) is 6.84. The van der Waals surface area contributed by atoms with Crippen LogP contribution in [0.1, 0.15) is 33.6 Å². The summed E-state index contributed by atoms with van der Waals surface area (Å²) >= 11 is 3.28. The summed E-state index contributed by atoms with van der Waals surface area (Å²) in [5, 5.41) is 2.71. The molecule has 2 aliphatic rings. The lowest BCUT2D eigenvalue weighted by Gasteiger charge is -2.36. The molecule has 0 aliphatic heterocycles. The van der Waals surface area contributed by atoms with Crippen molar-refractivity contribution in [2.45, 2.75) is 33.6 Å². The average Bonchev–Trinajstić information content (AvgIpc) is 2.74. The Balaban J connectivity index is 1.99. The molecule has 1 N–H and O–H groups in total. The van der Waals surface area contributed by atoms with Crippen molar-refractivity contribution in [3.8, 4) is 0 Å². The highest BCUT2D eigenvalue weighted by Gasteiger charge is 2.77. The number of nitrogens with zero attached hydrogens (tertiary/aromatic N) is 1. The van der Waals surface area contributed by atoms with E-state index in [9.17, 15) is 14.4 Å². The smallest absolute Gasteiger partial charge is 0.240 e.